The fourth-order valence-electron chi connectivity index (χ4n) is 3.44. The molecule has 0 fully saturated rings. The topological polar surface area (TPSA) is 101 Å². The van der Waals surface area contributed by atoms with Crippen LogP contribution in [-0.4, -0.2) is 31.3 Å². The summed E-state index contributed by atoms with van der Waals surface area (Å²) in [6.45, 7) is 1.72. The maximum atomic E-state index is 13.1. The minimum Gasteiger partial charge on any atom is -0.284 e. The lowest BCUT2D eigenvalue weighted by molar-refractivity contribution is 0.0956. The van der Waals surface area contributed by atoms with Crippen LogP contribution in [0.2, 0.25) is 5.02 Å². The van der Waals surface area contributed by atoms with Crippen LogP contribution in [0.5, 0.6) is 0 Å². The molecule has 34 heavy (non-hydrogen) atoms. The van der Waals surface area contributed by atoms with Crippen molar-refractivity contribution in [1.29, 1.82) is 0 Å². The lowest BCUT2D eigenvalue weighted by atomic mass is 10.0. The van der Waals surface area contributed by atoms with E-state index in [4.69, 9.17) is 11.6 Å². The molecule has 2 N–H and O–H groups in total. The van der Waals surface area contributed by atoms with Gasteiger partial charge < -0.3 is 0 Å². The zero-order valence-electron chi connectivity index (χ0n) is 18.4. The summed E-state index contributed by atoms with van der Waals surface area (Å²) in [5.41, 5.74) is 6.69. The average Bonchev–Trinajstić information content (AvgIpc) is 2.80. The molecule has 0 radical (unpaired) electrons. The molecule has 9 heteroatoms. The van der Waals surface area contributed by atoms with E-state index in [-0.39, 0.29) is 0 Å². The minimum atomic E-state index is -3.41. The van der Waals surface area contributed by atoms with Gasteiger partial charge in [0.15, 0.2) is 0 Å². The number of hydrogen-bond donors (Lipinski definition) is 2. The van der Waals surface area contributed by atoms with Crippen molar-refractivity contribution in [3.63, 3.8) is 0 Å². The zero-order chi connectivity index (χ0) is 24.3. The molecule has 0 aliphatic heterocycles. The average molecular weight is 493 g/mol. The highest BCUT2D eigenvalue weighted by atomic mass is 35.5. The van der Waals surface area contributed by atoms with Crippen LogP contribution in [0.1, 0.15) is 22.8 Å². The Kier molecular flexibility index (Phi) is 6.63. The van der Waals surface area contributed by atoms with Crippen molar-refractivity contribution < 1.29 is 13.2 Å². The summed E-state index contributed by atoms with van der Waals surface area (Å²) in [5.74, 6) is -0.397. The fraction of sp³-hybridized carbons (Fsp3) is 0.0800. The molecule has 1 aromatic heterocycles. The maximum Gasteiger partial charge on any atom is 0.272 e. The van der Waals surface area contributed by atoms with E-state index in [2.05, 4.69) is 20.2 Å². The second-order valence-electron chi connectivity index (χ2n) is 7.68. The number of para-hydroxylation sites is 1. The monoisotopic (exact) mass is 492 g/mol. The molecule has 1 heterocycles. The van der Waals surface area contributed by atoms with Crippen molar-refractivity contribution in [2.24, 2.45) is 5.10 Å². The number of hydrogen-bond acceptors (Lipinski definition) is 5. The molecular weight excluding hydrogens is 472 g/mol. The third-order valence-corrected chi connectivity index (χ3v) is 5.83. The van der Waals surface area contributed by atoms with Crippen LogP contribution in [0.15, 0.2) is 84.0 Å². The Morgan fingerprint density at radius 2 is 1.74 bits per heavy atom. The zero-order valence-corrected chi connectivity index (χ0v) is 20.0. The molecule has 0 aliphatic carbocycles. The number of rotatable bonds is 6. The molecule has 3 aromatic carbocycles. The summed E-state index contributed by atoms with van der Waals surface area (Å²) in [7, 11) is -3.41. The number of sulfonamides is 1. The van der Waals surface area contributed by atoms with E-state index in [1.165, 1.54) is 0 Å². The van der Waals surface area contributed by atoms with Crippen molar-refractivity contribution >= 4 is 49.8 Å². The number of carbonyl (C=O) groups excluding carboxylic acids is 1. The standard InChI is InChI=1S/C25H21ClN4O3S/c1-16(17-7-6-10-20(14-17)30-34(2,32)33)28-29-25(31)22-15-24(18-8-5-9-19(26)13-18)27-23-12-4-3-11-21(22)23/h3-15,30H,1-2H3,(H,29,31). The fourth-order valence-corrected chi connectivity index (χ4v) is 4.19. The SMILES string of the molecule is CC(=NNC(=O)c1cc(-c2cccc(Cl)c2)nc2ccccc12)c1cccc(NS(C)(=O)=O)c1. The summed E-state index contributed by atoms with van der Waals surface area (Å²) in [6, 6.07) is 23.1. The molecule has 0 saturated heterocycles. The molecule has 0 spiro atoms. The second-order valence-corrected chi connectivity index (χ2v) is 9.86. The molecule has 4 aromatic rings. The van der Waals surface area contributed by atoms with E-state index in [9.17, 15) is 13.2 Å². The van der Waals surface area contributed by atoms with Gasteiger partial charge in [0, 0.05) is 21.7 Å². The van der Waals surface area contributed by atoms with E-state index in [0.717, 1.165) is 11.8 Å². The van der Waals surface area contributed by atoms with Gasteiger partial charge in [0.1, 0.15) is 0 Å². The smallest absolute Gasteiger partial charge is 0.272 e. The Labute approximate surface area is 202 Å². The van der Waals surface area contributed by atoms with Gasteiger partial charge in [-0.1, -0.05) is 54.1 Å². The summed E-state index contributed by atoms with van der Waals surface area (Å²) in [6.07, 6.45) is 1.08. The van der Waals surface area contributed by atoms with Crippen LogP contribution in [-0.2, 0) is 10.0 Å². The summed E-state index contributed by atoms with van der Waals surface area (Å²) < 4.78 is 25.4. The first kappa shape index (κ1) is 23.4. The van der Waals surface area contributed by atoms with Gasteiger partial charge in [-0.25, -0.2) is 18.8 Å². The molecule has 1 amide bonds. The molecule has 4 rings (SSSR count). The number of pyridine rings is 1. The molecule has 0 atom stereocenters. The van der Waals surface area contributed by atoms with Gasteiger partial charge in [-0.3, -0.25) is 9.52 Å². The summed E-state index contributed by atoms with van der Waals surface area (Å²) in [5, 5.41) is 5.50. The van der Waals surface area contributed by atoms with Gasteiger partial charge in [-0.2, -0.15) is 5.10 Å². The van der Waals surface area contributed by atoms with Crippen molar-refractivity contribution in [2.45, 2.75) is 6.92 Å². The first-order chi connectivity index (χ1) is 16.2. The number of nitrogens with one attached hydrogen (secondary N) is 2. The first-order valence-corrected chi connectivity index (χ1v) is 12.6. The maximum absolute atomic E-state index is 13.1. The van der Waals surface area contributed by atoms with E-state index in [1.54, 1.807) is 49.4 Å². The summed E-state index contributed by atoms with van der Waals surface area (Å²) in [4.78, 5) is 17.8. The number of halogens is 1. The van der Waals surface area contributed by atoms with Gasteiger partial charge >= 0.3 is 0 Å². The highest BCUT2D eigenvalue weighted by molar-refractivity contribution is 7.92. The molecule has 7 nitrogen and oxygen atoms in total. The predicted molar refractivity (Wildman–Crippen MR) is 137 cm³/mol. The number of anilines is 1. The Hall–Kier alpha value is -3.75. The van der Waals surface area contributed by atoms with Crippen LogP contribution in [0.3, 0.4) is 0 Å². The van der Waals surface area contributed by atoms with Gasteiger partial charge in [-0.05, 0) is 48.9 Å². The molecule has 0 saturated carbocycles. The van der Waals surface area contributed by atoms with Crippen LogP contribution in [0.25, 0.3) is 22.2 Å². The van der Waals surface area contributed by atoms with Gasteiger partial charge in [0.25, 0.3) is 5.91 Å². The number of amides is 1. The minimum absolute atomic E-state index is 0.397. The second kappa shape index (κ2) is 9.62. The normalized spacial score (nSPS) is 11.9. The lowest BCUT2D eigenvalue weighted by Gasteiger charge is -2.10. The third kappa shape index (κ3) is 5.59. The predicted octanol–water partition coefficient (Wildman–Crippen LogP) is 5.08. The van der Waals surface area contributed by atoms with E-state index < -0.39 is 15.9 Å². The van der Waals surface area contributed by atoms with E-state index in [1.807, 2.05) is 36.4 Å². The summed E-state index contributed by atoms with van der Waals surface area (Å²) >= 11 is 6.14. The Morgan fingerprint density at radius 1 is 0.971 bits per heavy atom. The van der Waals surface area contributed by atoms with Gasteiger partial charge in [-0.15, -0.1) is 0 Å². The Morgan fingerprint density at radius 3 is 2.50 bits per heavy atom. The van der Waals surface area contributed by atoms with Crippen molar-refractivity contribution in [2.75, 3.05) is 11.0 Å². The van der Waals surface area contributed by atoms with E-state index in [0.29, 0.717) is 44.1 Å². The Bertz CT molecular complexity index is 1530. The highest BCUT2D eigenvalue weighted by Crippen LogP contribution is 2.26. The van der Waals surface area contributed by atoms with Crippen LogP contribution in [0.4, 0.5) is 5.69 Å². The number of fused-ring (bicyclic) bond motifs is 1. The van der Waals surface area contributed by atoms with Crippen LogP contribution < -0.4 is 10.1 Å². The quantitative estimate of drug-likeness (QED) is 0.289. The molecule has 0 bridgehead atoms. The number of carbonyl (C=O) groups is 1. The molecule has 172 valence electrons. The Balaban J connectivity index is 1.65. The number of aromatic nitrogens is 1. The number of hydrazone groups is 1. The van der Waals surface area contributed by atoms with Crippen LogP contribution in [0, 0.1) is 0 Å². The number of nitrogens with zero attached hydrogens (tertiary/aromatic N) is 2. The van der Waals surface area contributed by atoms with Crippen molar-refractivity contribution in [3.05, 3.63) is 95.0 Å². The van der Waals surface area contributed by atoms with Crippen molar-refractivity contribution in [1.82, 2.24) is 10.4 Å². The molecule has 0 aliphatic rings. The van der Waals surface area contributed by atoms with Gasteiger partial charge in [0.05, 0.1) is 28.7 Å². The highest BCUT2D eigenvalue weighted by Gasteiger charge is 2.14. The van der Waals surface area contributed by atoms with Gasteiger partial charge in [0.2, 0.25) is 10.0 Å². The molecular formula is C25H21ClN4O3S. The molecule has 0 unspecified atom stereocenters. The largest absolute Gasteiger partial charge is 0.284 e. The first-order valence-electron chi connectivity index (χ1n) is 10.3. The van der Waals surface area contributed by atoms with Crippen molar-refractivity contribution in [3.8, 4) is 11.3 Å². The van der Waals surface area contributed by atoms with Crippen LogP contribution >= 0.6 is 11.6 Å². The third-order valence-electron chi connectivity index (χ3n) is 4.99. The van der Waals surface area contributed by atoms with E-state index >= 15 is 0 Å². The lowest BCUT2D eigenvalue weighted by Crippen LogP contribution is -2.20. The number of benzene rings is 3.